The minimum Gasteiger partial charge on any atom is -0.494 e. The highest BCUT2D eigenvalue weighted by Crippen LogP contribution is 2.28. The van der Waals surface area contributed by atoms with E-state index < -0.39 is 0 Å². The molecule has 4 nitrogen and oxygen atoms in total. The van der Waals surface area contributed by atoms with Crippen molar-refractivity contribution in [2.24, 2.45) is 5.92 Å². The van der Waals surface area contributed by atoms with Crippen LogP contribution in [-0.2, 0) is 6.42 Å². The Kier molecular flexibility index (Phi) is 9.03. The summed E-state index contributed by atoms with van der Waals surface area (Å²) in [5, 5.41) is 2.95. The van der Waals surface area contributed by atoms with Crippen molar-refractivity contribution in [3.63, 3.8) is 0 Å². The van der Waals surface area contributed by atoms with Crippen LogP contribution < -0.4 is 14.8 Å². The summed E-state index contributed by atoms with van der Waals surface area (Å²) in [4.78, 5) is 12.7. The summed E-state index contributed by atoms with van der Waals surface area (Å²) in [6.45, 7) is 1.33. The minimum absolute atomic E-state index is 0.164. The van der Waals surface area contributed by atoms with E-state index in [1.54, 1.807) is 12.1 Å². The lowest BCUT2D eigenvalue weighted by Gasteiger charge is -2.21. The molecule has 0 radical (unpaired) electrons. The van der Waals surface area contributed by atoms with Crippen LogP contribution in [0.5, 0.6) is 11.5 Å². The van der Waals surface area contributed by atoms with Crippen molar-refractivity contribution in [2.45, 2.75) is 44.9 Å². The maximum atomic E-state index is 12.7. The second kappa shape index (κ2) is 12.6. The maximum absolute atomic E-state index is 12.7. The fraction of sp³-hybridized carbons (Fsp3) is 0.345. The molecular formula is C29H32BrNO3. The molecule has 1 aliphatic rings. The third-order valence-corrected chi connectivity index (χ3v) is 6.94. The van der Waals surface area contributed by atoms with E-state index in [0.29, 0.717) is 12.2 Å². The van der Waals surface area contributed by atoms with Crippen molar-refractivity contribution in [3.8, 4) is 11.5 Å². The van der Waals surface area contributed by atoms with Crippen LogP contribution in [-0.4, -0.2) is 19.1 Å². The topological polar surface area (TPSA) is 47.6 Å². The predicted molar refractivity (Wildman–Crippen MR) is 141 cm³/mol. The summed E-state index contributed by atoms with van der Waals surface area (Å²) in [7, 11) is 0. The van der Waals surface area contributed by atoms with Crippen LogP contribution in [0.15, 0.2) is 77.3 Å². The first-order chi connectivity index (χ1) is 16.7. The van der Waals surface area contributed by atoms with Crippen LogP contribution in [0.25, 0.3) is 0 Å². The number of rotatable bonds is 10. The molecule has 1 amide bonds. The third-order valence-electron chi connectivity index (χ3n) is 6.32. The van der Waals surface area contributed by atoms with Crippen molar-refractivity contribution in [1.29, 1.82) is 0 Å². The van der Waals surface area contributed by atoms with E-state index in [1.165, 1.54) is 37.7 Å². The molecule has 0 saturated heterocycles. The van der Waals surface area contributed by atoms with Gasteiger partial charge in [0.1, 0.15) is 11.5 Å². The highest BCUT2D eigenvalue weighted by atomic mass is 79.9. The number of hydrogen-bond acceptors (Lipinski definition) is 3. The van der Waals surface area contributed by atoms with Gasteiger partial charge in [0.25, 0.3) is 5.91 Å². The first-order valence-electron chi connectivity index (χ1n) is 12.2. The number of nitrogens with one attached hydrogen (secondary N) is 1. The van der Waals surface area contributed by atoms with Crippen molar-refractivity contribution in [1.82, 2.24) is 0 Å². The third kappa shape index (κ3) is 7.36. The van der Waals surface area contributed by atoms with Crippen LogP contribution in [0.3, 0.4) is 0 Å². The minimum atomic E-state index is -0.164. The monoisotopic (exact) mass is 521 g/mol. The Bertz CT molecular complexity index is 1050. The molecule has 1 fully saturated rings. The van der Waals surface area contributed by atoms with Gasteiger partial charge in [-0.3, -0.25) is 4.79 Å². The Morgan fingerprint density at radius 2 is 1.65 bits per heavy atom. The number of halogens is 1. The van der Waals surface area contributed by atoms with E-state index >= 15 is 0 Å². The quantitative estimate of drug-likeness (QED) is 0.297. The lowest BCUT2D eigenvalue weighted by atomic mass is 9.87. The van der Waals surface area contributed by atoms with E-state index in [2.05, 4.69) is 33.4 Å². The fourth-order valence-electron chi connectivity index (χ4n) is 4.34. The van der Waals surface area contributed by atoms with Gasteiger partial charge in [0.15, 0.2) is 0 Å². The zero-order valence-corrected chi connectivity index (χ0v) is 21.1. The molecule has 4 rings (SSSR count). The Labute approximate surface area is 210 Å². The first-order valence-corrected chi connectivity index (χ1v) is 13.0. The molecule has 0 heterocycles. The van der Waals surface area contributed by atoms with Gasteiger partial charge in [0.05, 0.1) is 17.7 Å². The Morgan fingerprint density at radius 1 is 0.882 bits per heavy atom. The number of benzene rings is 3. The van der Waals surface area contributed by atoms with Crippen LogP contribution in [0, 0.1) is 5.92 Å². The van der Waals surface area contributed by atoms with E-state index in [0.717, 1.165) is 47.0 Å². The average Bonchev–Trinajstić information content (AvgIpc) is 2.87. The standard InChI is InChI=1S/C29H32BrNO3/c30-27-21-24(11-16-28(27)34-20-18-23-9-5-2-6-10-23)29(32)31-25-12-14-26(15-13-25)33-19-17-22-7-3-1-4-8-22/h2,5-6,9-16,21-22H,1,3-4,7-8,17-20H2,(H,31,32). The molecule has 0 aliphatic heterocycles. The highest BCUT2D eigenvalue weighted by Gasteiger charge is 2.13. The number of ether oxygens (including phenoxy) is 2. The van der Waals surface area contributed by atoms with E-state index in [1.807, 2.05) is 48.5 Å². The Balaban J connectivity index is 1.23. The average molecular weight is 522 g/mol. The van der Waals surface area contributed by atoms with Crippen molar-refractivity contribution >= 4 is 27.5 Å². The molecule has 0 spiro atoms. The number of amides is 1. The number of anilines is 1. The molecule has 1 saturated carbocycles. The van der Waals surface area contributed by atoms with Crippen molar-refractivity contribution in [2.75, 3.05) is 18.5 Å². The molecule has 0 aromatic heterocycles. The molecule has 0 bridgehead atoms. The molecule has 178 valence electrons. The van der Waals surface area contributed by atoms with E-state index in [-0.39, 0.29) is 5.91 Å². The molecule has 3 aromatic rings. The molecule has 1 aliphatic carbocycles. The zero-order valence-electron chi connectivity index (χ0n) is 19.5. The van der Waals surface area contributed by atoms with Crippen molar-refractivity contribution < 1.29 is 14.3 Å². The predicted octanol–water partition coefficient (Wildman–Crippen LogP) is 7.67. The van der Waals surface area contributed by atoms with Gasteiger partial charge in [-0.05, 0) is 76.3 Å². The molecule has 0 unspecified atom stereocenters. The smallest absolute Gasteiger partial charge is 0.255 e. The summed E-state index contributed by atoms with van der Waals surface area (Å²) >= 11 is 3.53. The molecule has 34 heavy (non-hydrogen) atoms. The van der Waals surface area contributed by atoms with Crippen LogP contribution in [0.2, 0.25) is 0 Å². The zero-order chi connectivity index (χ0) is 23.6. The molecular weight excluding hydrogens is 490 g/mol. The lowest BCUT2D eigenvalue weighted by molar-refractivity contribution is 0.102. The molecule has 0 atom stereocenters. The maximum Gasteiger partial charge on any atom is 0.255 e. The van der Waals surface area contributed by atoms with Gasteiger partial charge >= 0.3 is 0 Å². The Morgan fingerprint density at radius 3 is 2.38 bits per heavy atom. The molecule has 3 aromatic carbocycles. The largest absolute Gasteiger partial charge is 0.494 e. The second-order valence-corrected chi connectivity index (χ2v) is 9.70. The number of hydrogen-bond donors (Lipinski definition) is 1. The fourth-order valence-corrected chi connectivity index (χ4v) is 4.83. The lowest BCUT2D eigenvalue weighted by Crippen LogP contribution is -2.12. The molecule has 5 heteroatoms. The Hall–Kier alpha value is -2.79. The SMILES string of the molecule is O=C(Nc1ccc(OCCC2CCCCC2)cc1)c1ccc(OCCc2ccccc2)c(Br)c1. The van der Waals surface area contributed by atoms with Gasteiger partial charge in [-0.1, -0.05) is 62.4 Å². The van der Waals surface area contributed by atoms with Gasteiger partial charge < -0.3 is 14.8 Å². The summed E-state index contributed by atoms with van der Waals surface area (Å²) in [5.41, 5.74) is 2.54. The summed E-state index contributed by atoms with van der Waals surface area (Å²) in [5.74, 6) is 2.21. The summed E-state index contributed by atoms with van der Waals surface area (Å²) in [6, 6.07) is 23.2. The van der Waals surface area contributed by atoms with Gasteiger partial charge in [-0.25, -0.2) is 0 Å². The number of carbonyl (C=O) groups is 1. The van der Waals surface area contributed by atoms with Gasteiger partial charge in [0, 0.05) is 17.7 Å². The molecule has 1 N–H and O–H groups in total. The van der Waals surface area contributed by atoms with Gasteiger partial charge in [-0.15, -0.1) is 0 Å². The van der Waals surface area contributed by atoms with Gasteiger partial charge in [0.2, 0.25) is 0 Å². The number of carbonyl (C=O) groups excluding carboxylic acids is 1. The van der Waals surface area contributed by atoms with Crippen LogP contribution >= 0.6 is 15.9 Å². The van der Waals surface area contributed by atoms with Crippen molar-refractivity contribution in [3.05, 3.63) is 88.4 Å². The first kappa shape index (κ1) is 24.3. The van der Waals surface area contributed by atoms with Crippen LogP contribution in [0.1, 0.15) is 54.4 Å². The normalized spacial score (nSPS) is 13.9. The highest BCUT2D eigenvalue weighted by molar-refractivity contribution is 9.10. The second-order valence-electron chi connectivity index (χ2n) is 8.85. The van der Waals surface area contributed by atoms with E-state index in [9.17, 15) is 4.79 Å². The summed E-state index contributed by atoms with van der Waals surface area (Å²) in [6.07, 6.45) is 8.74. The van der Waals surface area contributed by atoms with E-state index in [4.69, 9.17) is 9.47 Å². The summed E-state index contributed by atoms with van der Waals surface area (Å²) < 4.78 is 12.6. The van der Waals surface area contributed by atoms with Gasteiger partial charge in [-0.2, -0.15) is 0 Å². The van der Waals surface area contributed by atoms with Crippen LogP contribution in [0.4, 0.5) is 5.69 Å².